The molecular formula is C65H114O6. The molecule has 71 heavy (non-hydrogen) atoms. The summed E-state index contributed by atoms with van der Waals surface area (Å²) < 4.78 is 16.8. The van der Waals surface area contributed by atoms with Crippen molar-refractivity contribution in [3.8, 4) is 0 Å². The number of allylic oxidation sites excluding steroid dienone is 12. The summed E-state index contributed by atoms with van der Waals surface area (Å²) in [6.07, 6.45) is 76.4. The van der Waals surface area contributed by atoms with Gasteiger partial charge in [0.15, 0.2) is 6.10 Å². The Kier molecular flexibility index (Phi) is 56.8. The van der Waals surface area contributed by atoms with Crippen LogP contribution in [-0.4, -0.2) is 37.2 Å². The Morgan fingerprint density at radius 3 is 0.944 bits per heavy atom. The van der Waals surface area contributed by atoms with Crippen LogP contribution in [0.2, 0.25) is 0 Å². The van der Waals surface area contributed by atoms with Crippen molar-refractivity contribution in [3.63, 3.8) is 0 Å². The number of hydrogen-bond acceptors (Lipinski definition) is 6. The zero-order valence-corrected chi connectivity index (χ0v) is 47.0. The average Bonchev–Trinajstić information content (AvgIpc) is 3.37. The van der Waals surface area contributed by atoms with Gasteiger partial charge in [0, 0.05) is 19.3 Å². The number of ether oxygens (including phenoxy) is 3. The topological polar surface area (TPSA) is 78.9 Å². The van der Waals surface area contributed by atoms with E-state index in [9.17, 15) is 14.4 Å². The number of unbranched alkanes of at least 4 members (excludes halogenated alkanes) is 32. The minimum Gasteiger partial charge on any atom is -0.462 e. The van der Waals surface area contributed by atoms with Crippen LogP contribution in [0.4, 0.5) is 0 Å². The number of carbonyl (C=O) groups excluding carboxylic acids is 3. The van der Waals surface area contributed by atoms with E-state index in [0.717, 1.165) is 64.2 Å². The second kappa shape index (κ2) is 59.4. The Morgan fingerprint density at radius 1 is 0.296 bits per heavy atom. The molecule has 0 radical (unpaired) electrons. The molecular weight excluding hydrogens is 877 g/mol. The number of carbonyl (C=O) groups is 3. The second-order valence-corrected chi connectivity index (χ2v) is 20.2. The molecule has 0 aliphatic carbocycles. The highest BCUT2D eigenvalue weighted by Crippen LogP contribution is 2.16. The molecule has 1 atom stereocenters. The lowest BCUT2D eigenvalue weighted by atomic mass is 10.0. The van der Waals surface area contributed by atoms with Crippen LogP contribution in [0.25, 0.3) is 0 Å². The SMILES string of the molecule is CC/C=C\C/C=C\C/C=C\C/C=C\CCC(=O)OCC(COC(=O)CCCCCCCCCCCCC/C=C\CCCCCCCCCC)OC(=O)CCCCCCCCC/C=C\CCCCCCCC. The molecule has 0 spiro atoms. The summed E-state index contributed by atoms with van der Waals surface area (Å²) >= 11 is 0. The van der Waals surface area contributed by atoms with Crippen molar-refractivity contribution < 1.29 is 28.6 Å². The van der Waals surface area contributed by atoms with Crippen molar-refractivity contribution in [2.75, 3.05) is 13.2 Å². The fourth-order valence-corrected chi connectivity index (χ4v) is 8.62. The van der Waals surface area contributed by atoms with Gasteiger partial charge in [0.05, 0.1) is 0 Å². The normalized spacial score (nSPS) is 12.5. The Bertz CT molecular complexity index is 1320. The van der Waals surface area contributed by atoms with Gasteiger partial charge in [0.25, 0.3) is 0 Å². The predicted octanol–water partition coefficient (Wildman–Crippen LogP) is 20.5. The van der Waals surface area contributed by atoms with E-state index in [1.165, 1.54) is 193 Å². The Morgan fingerprint density at radius 2 is 0.577 bits per heavy atom. The van der Waals surface area contributed by atoms with Crippen LogP contribution in [0.3, 0.4) is 0 Å². The summed E-state index contributed by atoms with van der Waals surface area (Å²) in [5.74, 6) is -0.978. The second-order valence-electron chi connectivity index (χ2n) is 20.2. The van der Waals surface area contributed by atoms with Crippen molar-refractivity contribution in [2.45, 2.75) is 309 Å². The molecule has 410 valence electrons. The fourth-order valence-electron chi connectivity index (χ4n) is 8.62. The Hall–Kier alpha value is -3.15. The van der Waals surface area contributed by atoms with Gasteiger partial charge in [-0.15, -0.1) is 0 Å². The molecule has 0 saturated heterocycles. The van der Waals surface area contributed by atoms with E-state index in [1.54, 1.807) is 0 Å². The van der Waals surface area contributed by atoms with Crippen molar-refractivity contribution in [3.05, 3.63) is 72.9 Å². The van der Waals surface area contributed by atoms with Crippen LogP contribution in [-0.2, 0) is 28.6 Å². The molecule has 0 aromatic carbocycles. The third-order valence-electron chi connectivity index (χ3n) is 13.2. The molecule has 0 heterocycles. The maximum Gasteiger partial charge on any atom is 0.306 e. The molecule has 0 saturated carbocycles. The first-order valence-corrected chi connectivity index (χ1v) is 30.4. The molecule has 0 aromatic heterocycles. The monoisotopic (exact) mass is 991 g/mol. The predicted molar refractivity (Wildman–Crippen MR) is 307 cm³/mol. The van der Waals surface area contributed by atoms with Gasteiger partial charge in [-0.05, 0) is 96.3 Å². The van der Waals surface area contributed by atoms with Crippen LogP contribution in [0.15, 0.2) is 72.9 Å². The smallest absolute Gasteiger partial charge is 0.306 e. The third-order valence-corrected chi connectivity index (χ3v) is 13.2. The maximum absolute atomic E-state index is 12.9. The number of hydrogen-bond donors (Lipinski definition) is 0. The summed E-state index contributed by atoms with van der Waals surface area (Å²) in [7, 11) is 0. The highest BCUT2D eigenvalue weighted by Gasteiger charge is 2.19. The molecule has 6 nitrogen and oxygen atoms in total. The van der Waals surface area contributed by atoms with Gasteiger partial charge in [-0.2, -0.15) is 0 Å². The van der Waals surface area contributed by atoms with Crippen LogP contribution in [0.1, 0.15) is 303 Å². The summed E-state index contributed by atoms with van der Waals surface area (Å²) in [5, 5.41) is 0. The summed E-state index contributed by atoms with van der Waals surface area (Å²) in [5.41, 5.74) is 0. The first kappa shape index (κ1) is 67.8. The maximum atomic E-state index is 12.9. The number of rotatable bonds is 55. The van der Waals surface area contributed by atoms with Crippen molar-refractivity contribution in [1.29, 1.82) is 0 Å². The lowest BCUT2D eigenvalue weighted by Crippen LogP contribution is -2.30. The van der Waals surface area contributed by atoms with Gasteiger partial charge in [-0.3, -0.25) is 14.4 Å². The summed E-state index contributed by atoms with van der Waals surface area (Å²) in [6, 6.07) is 0. The molecule has 0 aliphatic heterocycles. The van der Waals surface area contributed by atoms with Gasteiger partial charge in [-0.25, -0.2) is 0 Å². The van der Waals surface area contributed by atoms with Gasteiger partial charge < -0.3 is 14.2 Å². The quantitative estimate of drug-likeness (QED) is 0.0261. The molecule has 1 unspecified atom stereocenters. The molecule has 0 rings (SSSR count). The van der Waals surface area contributed by atoms with Crippen LogP contribution >= 0.6 is 0 Å². The standard InChI is InChI=1S/C65H114O6/c1-4-7-10-13-16-19-22-25-27-29-30-31-32-33-34-36-37-40-43-46-49-52-55-58-64(67)70-61-62(60-69-63(66)57-54-51-48-45-42-39-24-21-18-15-12-9-6-3)71-65(68)59-56-53-50-47-44-41-38-35-28-26-23-20-17-14-11-8-5-2/h9,12,18,21,26,28-30,39,42,48,51,62H,4-8,10-11,13-17,19-20,22-25,27,31-38,40-41,43-47,49-50,52-61H2,1-3H3/b12-9-,21-18-,28-26-,30-29-,42-39-,51-48-. The van der Waals surface area contributed by atoms with Gasteiger partial charge >= 0.3 is 17.9 Å². The molecule has 0 N–H and O–H groups in total. The van der Waals surface area contributed by atoms with E-state index >= 15 is 0 Å². The van der Waals surface area contributed by atoms with E-state index in [-0.39, 0.29) is 37.5 Å². The van der Waals surface area contributed by atoms with Gasteiger partial charge in [0.2, 0.25) is 0 Å². The van der Waals surface area contributed by atoms with E-state index in [1.807, 2.05) is 6.08 Å². The highest BCUT2D eigenvalue weighted by atomic mass is 16.6. The van der Waals surface area contributed by atoms with E-state index in [4.69, 9.17) is 14.2 Å². The first-order chi connectivity index (χ1) is 35.0. The lowest BCUT2D eigenvalue weighted by Gasteiger charge is -2.18. The molecule has 0 bridgehead atoms. The van der Waals surface area contributed by atoms with E-state index in [0.29, 0.717) is 19.3 Å². The zero-order chi connectivity index (χ0) is 51.4. The third kappa shape index (κ3) is 57.6. The summed E-state index contributed by atoms with van der Waals surface area (Å²) in [4.78, 5) is 38.2. The molecule has 0 aliphatic rings. The molecule has 6 heteroatoms. The molecule has 0 aromatic rings. The molecule has 0 amide bonds. The highest BCUT2D eigenvalue weighted by molar-refractivity contribution is 5.71. The minimum absolute atomic E-state index is 0.0982. The Labute approximate surface area is 440 Å². The Balaban J connectivity index is 4.35. The van der Waals surface area contributed by atoms with Crippen LogP contribution in [0.5, 0.6) is 0 Å². The van der Waals surface area contributed by atoms with Crippen LogP contribution < -0.4 is 0 Å². The van der Waals surface area contributed by atoms with E-state index in [2.05, 4.69) is 87.6 Å². The number of esters is 3. The van der Waals surface area contributed by atoms with Crippen molar-refractivity contribution >= 4 is 17.9 Å². The van der Waals surface area contributed by atoms with E-state index < -0.39 is 6.10 Å². The summed E-state index contributed by atoms with van der Waals surface area (Å²) in [6.45, 7) is 6.48. The van der Waals surface area contributed by atoms with Crippen molar-refractivity contribution in [1.82, 2.24) is 0 Å². The average molecular weight is 992 g/mol. The largest absolute Gasteiger partial charge is 0.462 e. The van der Waals surface area contributed by atoms with Crippen molar-refractivity contribution in [2.24, 2.45) is 0 Å². The minimum atomic E-state index is -0.807. The van der Waals surface area contributed by atoms with Gasteiger partial charge in [0.1, 0.15) is 13.2 Å². The first-order valence-electron chi connectivity index (χ1n) is 30.4. The lowest BCUT2D eigenvalue weighted by molar-refractivity contribution is -0.166. The fraction of sp³-hybridized carbons (Fsp3) is 0.769. The zero-order valence-electron chi connectivity index (χ0n) is 47.0. The molecule has 0 fully saturated rings. The van der Waals surface area contributed by atoms with Gasteiger partial charge in [-0.1, -0.05) is 261 Å². The van der Waals surface area contributed by atoms with Crippen LogP contribution in [0, 0.1) is 0 Å².